The van der Waals surface area contributed by atoms with Crippen molar-refractivity contribution in [3.8, 4) is 11.5 Å². The van der Waals surface area contributed by atoms with Crippen LogP contribution in [-0.2, 0) is 60.3 Å². The molecule has 0 bridgehead atoms. The Morgan fingerprint density at radius 1 is 0.375 bits per heavy atom. The molecule has 13 heteroatoms. The Bertz CT molecular complexity index is 3380. The average molecular weight is 1620 g/mol. The fraction of sp³-hybridized carbons (Fsp3) is 0. The van der Waals surface area contributed by atoms with Gasteiger partial charge in [0.05, 0.1) is 0 Å². The summed E-state index contributed by atoms with van der Waals surface area (Å²) in [6, 6.07) is 61.6. The van der Waals surface area contributed by atoms with Gasteiger partial charge < -0.3 is 0 Å². The van der Waals surface area contributed by atoms with Gasteiger partial charge >= 0.3 is 379 Å². The standard InChI is InChI=1S/C17H9N2Se2.2C17H9N2Se.3Ir/c1-2-6-12-11(5-1)19-16-13(20-12)7-3-8-14(16)21-15-9-4-10-18-17(15)19;1-2-8-14-13(7-1)19-16-11(5-3-9-15(16)20-14)12-6-4-10-18-17(12)19;1-2-7-13-11(5-1)12-6-3-8-14-16(12)19(13)17-15(20-14)9-4-10-18-17;;;/h1-4,6-10H;2*1-6,8-10H;;;/q3*-1;;;. The summed E-state index contributed by atoms with van der Waals surface area (Å²) < 4.78 is 15.8. The molecule has 0 spiro atoms. The fourth-order valence-electron chi connectivity index (χ4n) is 8.65. The van der Waals surface area contributed by atoms with E-state index in [1.165, 1.54) is 85.3 Å². The second kappa shape index (κ2) is 18.1. The predicted molar refractivity (Wildman–Crippen MR) is 253 cm³/mol. The van der Waals surface area contributed by atoms with Gasteiger partial charge in [-0.3, -0.25) is 0 Å². The molecule has 0 N–H and O–H groups in total. The number of fused-ring (bicyclic) bond motifs is 14. The molecule has 9 heterocycles. The quantitative estimate of drug-likeness (QED) is 0.169. The third-order valence-corrected chi connectivity index (χ3v) is 20.3. The van der Waals surface area contributed by atoms with Gasteiger partial charge in [0.25, 0.3) is 0 Å². The maximum atomic E-state index is 4.67. The molecule has 11 aromatic rings. The van der Waals surface area contributed by atoms with Crippen molar-refractivity contribution in [3.63, 3.8) is 0 Å². The Morgan fingerprint density at radius 3 is 1.61 bits per heavy atom. The van der Waals surface area contributed by atoms with E-state index in [2.05, 4.69) is 156 Å². The van der Waals surface area contributed by atoms with Crippen molar-refractivity contribution in [1.82, 2.24) is 24.1 Å². The zero-order valence-electron chi connectivity index (χ0n) is 32.9. The topological polar surface area (TPSA) is 51.8 Å². The number of pyridine rings is 3. The van der Waals surface area contributed by atoms with Crippen molar-refractivity contribution in [2.45, 2.75) is 0 Å². The van der Waals surface area contributed by atoms with Crippen LogP contribution in [-0.4, -0.2) is 83.9 Å². The van der Waals surface area contributed by atoms with Gasteiger partial charge in [-0.05, 0) is 0 Å². The average Bonchev–Trinajstić information content (AvgIpc) is 3.85. The molecule has 64 heavy (non-hydrogen) atoms. The van der Waals surface area contributed by atoms with Crippen LogP contribution in [0.2, 0.25) is 0 Å². The molecule has 315 valence electrons. The second-order valence-electron chi connectivity index (χ2n) is 14.5. The number of nitrogens with zero attached hydrogens (tertiary/aromatic N) is 6. The predicted octanol–water partition coefficient (Wildman–Crippen LogP) is 4.18. The van der Waals surface area contributed by atoms with E-state index in [-0.39, 0.29) is 60.3 Å². The maximum absolute atomic E-state index is 4.67. The second-order valence-corrected chi connectivity index (χ2v) is 23.6. The van der Waals surface area contributed by atoms with E-state index in [1.807, 2.05) is 55.0 Å². The van der Waals surface area contributed by atoms with Crippen molar-refractivity contribution in [1.29, 1.82) is 0 Å². The van der Waals surface area contributed by atoms with Gasteiger partial charge in [-0.2, -0.15) is 0 Å². The minimum absolute atomic E-state index is 0. The van der Waals surface area contributed by atoms with Gasteiger partial charge in [0.15, 0.2) is 0 Å². The first kappa shape index (κ1) is 44.1. The van der Waals surface area contributed by atoms with E-state index in [9.17, 15) is 0 Å². The molecule has 4 aliphatic rings. The monoisotopic (exact) mass is 1620 g/mol. The summed E-state index contributed by atoms with van der Waals surface area (Å²) in [6.45, 7) is 0. The first-order valence-corrected chi connectivity index (χ1v) is 26.5. The first-order chi connectivity index (χ1) is 30.3. The van der Waals surface area contributed by atoms with Gasteiger partial charge in [-0.15, -0.1) is 0 Å². The summed E-state index contributed by atoms with van der Waals surface area (Å²) in [7, 11) is 0. The molecular weight excluding hydrogens is 1590 g/mol. The molecule has 6 nitrogen and oxygen atoms in total. The molecule has 0 atom stereocenters. The number of rotatable bonds is 0. The summed E-state index contributed by atoms with van der Waals surface area (Å²) in [6.07, 6.45) is 5.64. The van der Waals surface area contributed by atoms with Gasteiger partial charge in [0, 0.05) is 60.3 Å². The van der Waals surface area contributed by atoms with E-state index < -0.39 is 0 Å². The van der Waals surface area contributed by atoms with Crippen LogP contribution in [0.5, 0.6) is 0 Å². The third-order valence-electron chi connectivity index (χ3n) is 11.1. The first-order valence-electron chi connectivity index (χ1n) is 19.7. The number of hydrogen-bond acceptors (Lipinski definition) is 4. The van der Waals surface area contributed by atoms with Crippen LogP contribution in [0.25, 0.3) is 55.2 Å². The summed E-state index contributed by atoms with van der Waals surface area (Å²) in [5, 5.41) is 5.10. The Hall–Kier alpha value is -3.80. The van der Waals surface area contributed by atoms with Gasteiger partial charge in [-0.25, -0.2) is 0 Å². The summed E-state index contributed by atoms with van der Waals surface area (Å²) >= 11 is 1.37. The number of para-hydroxylation sites is 6. The number of hydrogen-bond donors (Lipinski definition) is 0. The molecule has 0 aliphatic carbocycles. The number of benzene rings is 6. The van der Waals surface area contributed by atoms with E-state index in [0.717, 1.165) is 22.8 Å². The Labute approximate surface area is 434 Å². The third kappa shape index (κ3) is 7.06. The molecule has 0 fully saturated rings. The molecule has 0 amide bonds. The number of anilines is 3. The molecule has 0 unspecified atom stereocenters. The SMILES string of the molecule is [Ir].[Ir].[Ir].[c-]1cccc2c1-n1c3ncccc3c3cccc(c31)[Se]2.[c-]1cccc2c1N1c3ncccc3[Se]c3cccc(c31)[Se]2.[c-]1cccc2c3cccc4c3n(c12)-c1ncccc1[Se]4. The van der Waals surface area contributed by atoms with Crippen LogP contribution >= 0.6 is 0 Å². The molecule has 6 aromatic carbocycles. The van der Waals surface area contributed by atoms with Crippen LogP contribution < -0.4 is 40.6 Å². The molecular formula is C51H27Ir3N6Se4-3. The van der Waals surface area contributed by atoms with E-state index in [1.54, 1.807) is 0 Å². The normalized spacial score (nSPS) is 12.7. The molecule has 3 radical (unpaired) electrons. The van der Waals surface area contributed by atoms with Crippen molar-refractivity contribution in [3.05, 3.63) is 182 Å². The van der Waals surface area contributed by atoms with Crippen molar-refractivity contribution in [2.75, 3.05) is 4.90 Å². The van der Waals surface area contributed by atoms with Crippen LogP contribution in [0.4, 0.5) is 17.2 Å². The van der Waals surface area contributed by atoms with E-state index >= 15 is 0 Å². The number of aromatic nitrogens is 5. The van der Waals surface area contributed by atoms with Crippen LogP contribution in [0, 0.1) is 18.2 Å². The van der Waals surface area contributed by atoms with Gasteiger partial charge in [0.1, 0.15) is 0 Å². The van der Waals surface area contributed by atoms with Crippen molar-refractivity contribution < 1.29 is 60.3 Å². The van der Waals surface area contributed by atoms with Crippen molar-refractivity contribution >= 4 is 156 Å². The summed E-state index contributed by atoms with van der Waals surface area (Å²) in [4.78, 5) is 16.2. The fourth-order valence-corrected chi connectivity index (χ4v) is 18.0. The Balaban J connectivity index is 0.000000111. The molecule has 4 aliphatic heterocycles. The molecule has 0 saturated heterocycles. The van der Waals surface area contributed by atoms with Crippen molar-refractivity contribution in [2.24, 2.45) is 0 Å². The minimum atomic E-state index is 0. The summed E-state index contributed by atoms with van der Waals surface area (Å²) in [5.74, 6) is 2.17. The molecule has 0 saturated carbocycles. The zero-order valence-corrected chi connectivity index (χ0v) is 46.9. The van der Waals surface area contributed by atoms with Gasteiger partial charge in [-0.1, -0.05) is 0 Å². The summed E-state index contributed by atoms with van der Waals surface area (Å²) in [5.41, 5.74) is 8.53. The van der Waals surface area contributed by atoms with E-state index in [4.69, 9.17) is 0 Å². The molecule has 5 aromatic heterocycles. The van der Waals surface area contributed by atoms with Gasteiger partial charge in [0.2, 0.25) is 0 Å². The molecule has 15 rings (SSSR count). The van der Waals surface area contributed by atoms with Crippen LogP contribution in [0.3, 0.4) is 0 Å². The Kier molecular flexibility index (Phi) is 12.5. The van der Waals surface area contributed by atoms with Crippen LogP contribution in [0.1, 0.15) is 0 Å². The van der Waals surface area contributed by atoms with Crippen LogP contribution in [0.15, 0.2) is 164 Å². The Morgan fingerprint density at radius 2 is 0.844 bits per heavy atom. The van der Waals surface area contributed by atoms with E-state index in [0.29, 0.717) is 59.8 Å². The zero-order chi connectivity index (χ0) is 40.0.